The summed E-state index contributed by atoms with van der Waals surface area (Å²) in [6.07, 6.45) is 5.59. The van der Waals surface area contributed by atoms with Crippen molar-refractivity contribution in [3.05, 3.63) is 24.3 Å². The summed E-state index contributed by atoms with van der Waals surface area (Å²) in [6.45, 7) is 0. The molecule has 0 amide bonds. The molecule has 4 rings (SSSR count). The van der Waals surface area contributed by atoms with Gasteiger partial charge in [-0.3, -0.25) is 0 Å². The van der Waals surface area contributed by atoms with Crippen LogP contribution in [0, 0.1) is 11.8 Å². The Morgan fingerprint density at radius 3 is 2.47 bits per heavy atom. The molecule has 2 fully saturated rings. The third-order valence-corrected chi connectivity index (χ3v) is 3.95. The lowest BCUT2D eigenvalue weighted by atomic mass is 10.1. The fraction of sp³-hybridized carbons (Fsp3) is 0.500. The Hall–Kier alpha value is -1.51. The first-order chi connectivity index (χ1) is 8.40. The van der Waals surface area contributed by atoms with E-state index in [1.165, 1.54) is 25.7 Å². The molecule has 0 spiro atoms. The van der Waals surface area contributed by atoms with E-state index in [0.29, 0.717) is 6.04 Å². The highest BCUT2D eigenvalue weighted by Gasteiger charge is 2.41. The zero-order valence-electron chi connectivity index (χ0n) is 9.82. The molecule has 2 aliphatic rings. The van der Waals surface area contributed by atoms with Crippen LogP contribution in [0.4, 0.5) is 5.95 Å². The second-order valence-corrected chi connectivity index (χ2v) is 5.45. The van der Waals surface area contributed by atoms with E-state index in [1.54, 1.807) is 0 Å². The molecule has 1 aromatic carbocycles. The molecule has 3 heteroatoms. The number of nitrogens with one attached hydrogen (secondary N) is 2. The standard InChI is InChI=1S/C14H17N3/c1-2-4-12-11(3-1)15-14(16-12)17-13(9-5-6-9)10-7-8-10/h1-4,9-10,13H,5-8H2,(H2,15,16,17). The van der Waals surface area contributed by atoms with Crippen LogP contribution in [-0.4, -0.2) is 16.0 Å². The monoisotopic (exact) mass is 227 g/mol. The first kappa shape index (κ1) is 9.51. The number of aromatic nitrogens is 2. The minimum Gasteiger partial charge on any atom is -0.353 e. The van der Waals surface area contributed by atoms with Gasteiger partial charge in [0.1, 0.15) is 0 Å². The van der Waals surface area contributed by atoms with Gasteiger partial charge in [-0.2, -0.15) is 0 Å². The van der Waals surface area contributed by atoms with Crippen molar-refractivity contribution in [2.45, 2.75) is 31.7 Å². The number of fused-ring (bicyclic) bond motifs is 1. The number of hydrogen-bond acceptors (Lipinski definition) is 2. The Kier molecular flexibility index (Phi) is 1.95. The maximum absolute atomic E-state index is 4.61. The summed E-state index contributed by atoms with van der Waals surface area (Å²) in [4.78, 5) is 7.98. The number of rotatable bonds is 4. The molecule has 3 nitrogen and oxygen atoms in total. The van der Waals surface area contributed by atoms with Gasteiger partial charge in [-0.15, -0.1) is 0 Å². The van der Waals surface area contributed by atoms with Crippen LogP contribution in [0.25, 0.3) is 11.0 Å². The van der Waals surface area contributed by atoms with E-state index in [0.717, 1.165) is 28.8 Å². The summed E-state index contributed by atoms with van der Waals surface area (Å²) in [5.74, 6) is 2.75. The second kappa shape index (κ2) is 3.49. The van der Waals surface area contributed by atoms with Crippen LogP contribution >= 0.6 is 0 Å². The van der Waals surface area contributed by atoms with Gasteiger partial charge in [0.25, 0.3) is 0 Å². The molecule has 0 saturated heterocycles. The molecule has 2 N–H and O–H groups in total. The van der Waals surface area contributed by atoms with Crippen molar-refractivity contribution >= 4 is 17.0 Å². The molecule has 17 heavy (non-hydrogen) atoms. The Labute approximate surface area is 101 Å². The lowest BCUT2D eigenvalue weighted by Crippen LogP contribution is -2.24. The Balaban J connectivity index is 1.60. The summed E-state index contributed by atoms with van der Waals surface area (Å²) in [5, 5.41) is 3.63. The molecular weight excluding hydrogens is 210 g/mol. The van der Waals surface area contributed by atoms with Gasteiger partial charge in [0.15, 0.2) is 0 Å². The fourth-order valence-electron chi connectivity index (χ4n) is 2.71. The molecule has 2 aliphatic carbocycles. The number of para-hydroxylation sites is 2. The topological polar surface area (TPSA) is 40.7 Å². The van der Waals surface area contributed by atoms with E-state index in [2.05, 4.69) is 27.4 Å². The number of H-pyrrole nitrogens is 1. The van der Waals surface area contributed by atoms with Gasteiger partial charge < -0.3 is 10.3 Å². The van der Waals surface area contributed by atoms with Crippen LogP contribution in [0.3, 0.4) is 0 Å². The quantitative estimate of drug-likeness (QED) is 0.842. The van der Waals surface area contributed by atoms with Crippen molar-refractivity contribution in [1.82, 2.24) is 9.97 Å². The lowest BCUT2D eigenvalue weighted by molar-refractivity contribution is 0.564. The highest BCUT2D eigenvalue weighted by Crippen LogP contribution is 2.45. The van der Waals surface area contributed by atoms with Crippen LogP contribution in [-0.2, 0) is 0 Å². The van der Waals surface area contributed by atoms with E-state index in [9.17, 15) is 0 Å². The van der Waals surface area contributed by atoms with E-state index in [4.69, 9.17) is 0 Å². The zero-order chi connectivity index (χ0) is 11.2. The summed E-state index contributed by atoms with van der Waals surface area (Å²) in [6, 6.07) is 8.88. The normalized spacial score (nSPS) is 20.1. The molecule has 0 unspecified atom stereocenters. The van der Waals surface area contributed by atoms with Gasteiger partial charge in [0.05, 0.1) is 11.0 Å². The first-order valence-corrected chi connectivity index (χ1v) is 6.61. The fourth-order valence-corrected chi connectivity index (χ4v) is 2.71. The number of aromatic amines is 1. The van der Waals surface area contributed by atoms with Crippen molar-refractivity contribution in [2.75, 3.05) is 5.32 Å². The van der Waals surface area contributed by atoms with Gasteiger partial charge in [-0.25, -0.2) is 4.98 Å². The lowest BCUT2D eigenvalue weighted by Gasteiger charge is -2.16. The van der Waals surface area contributed by atoms with E-state index < -0.39 is 0 Å². The van der Waals surface area contributed by atoms with Gasteiger partial charge in [0, 0.05) is 6.04 Å². The molecule has 1 heterocycles. The molecule has 0 radical (unpaired) electrons. The van der Waals surface area contributed by atoms with Gasteiger partial charge in [-0.05, 0) is 49.7 Å². The number of imidazole rings is 1. The third kappa shape index (κ3) is 1.79. The molecule has 0 bridgehead atoms. The SMILES string of the molecule is c1ccc2[nH]c(NC(C3CC3)C3CC3)nc2c1. The van der Waals surface area contributed by atoms with Crippen molar-refractivity contribution in [2.24, 2.45) is 11.8 Å². The van der Waals surface area contributed by atoms with Crippen LogP contribution in [0.5, 0.6) is 0 Å². The van der Waals surface area contributed by atoms with Crippen molar-refractivity contribution in [3.63, 3.8) is 0 Å². The van der Waals surface area contributed by atoms with Crippen LogP contribution < -0.4 is 5.32 Å². The van der Waals surface area contributed by atoms with Gasteiger partial charge in [-0.1, -0.05) is 12.1 Å². The second-order valence-electron chi connectivity index (χ2n) is 5.45. The Morgan fingerprint density at radius 2 is 1.82 bits per heavy atom. The summed E-state index contributed by atoms with van der Waals surface area (Å²) < 4.78 is 0. The molecule has 0 atom stereocenters. The molecule has 2 saturated carbocycles. The number of nitrogens with zero attached hydrogens (tertiary/aromatic N) is 1. The number of benzene rings is 1. The van der Waals surface area contributed by atoms with Gasteiger partial charge >= 0.3 is 0 Å². The molecule has 0 aliphatic heterocycles. The van der Waals surface area contributed by atoms with E-state index in [-0.39, 0.29) is 0 Å². The third-order valence-electron chi connectivity index (χ3n) is 3.95. The van der Waals surface area contributed by atoms with Gasteiger partial charge in [0.2, 0.25) is 5.95 Å². The van der Waals surface area contributed by atoms with E-state index >= 15 is 0 Å². The average molecular weight is 227 g/mol. The highest BCUT2D eigenvalue weighted by molar-refractivity contribution is 5.77. The zero-order valence-corrected chi connectivity index (χ0v) is 9.82. The summed E-state index contributed by atoms with van der Waals surface area (Å²) in [5.41, 5.74) is 2.18. The minimum atomic E-state index is 0.663. The smallest absolute Gasteiger partial charge is 0.201 e. The summed E-state index contributed by atoms with van der Waals surface area (Å²) in [7, 11) is 0. The Morgan fingerprint density at radius 1 is 1.12 bits per heavy atom. The minimum absolute atomic E-state index is 0.663. The molecule has 88 valence electrons. The largest absolute Gasteiger partial charge is 0.353 e. The Bertz CT molecular complexity index is 492. The van der Waals surface area contributed by atoms with Crippen LogP contribution in [0.2, 0.25) is 0 Å². The number of anilines is 1. The molecule has 2 aromatic rings. The van der Waals surface area contributed by atoms with Crippen molar-refractivity contribution in [3.8, 4) is 0 Å². The molecule has 1 aromatic heterocycles. The predicted molar refractivity (Wildman–Crippen MR) is 69.0 cm³/mol. The average Bonchev–Trinajstić information content (AvgIpc) is 3.22. The van der Waals surface area contributed by atoms with E-state index in [1.807, 2.05) is 12.1 Å². The van der Waals surface area contributed by atoms with Crippen LogP contribution in [0.1, 0.15) is 25.7 Å². The van der Waals surface area contributed by atoms with Crippen LogP contribution in [0.15, 0.2) is 24.3 Å². The van der Waals surface area contributed by atoms with Crippen molar-refractivity contribution < 1.29 is 0 Å². The highest BCUT2D eigenvalue weighted by atomic mass is 15.1. The number of hydrogen-bond donors (Lipinski definition) is 2. The molecular formula is C14H17N3. The summed E-state index contributed by atoms with van der Waals surface area (Å²) >= 11 is 0. The first-order valence-electron chi connectivity index (χ1n) is 6.61. The maximum Gasteiger partial charge on any atom is 0.201 e. The van der Waals surface area contributed by atoms with Crippen molar-refractivity contribution in [1.29, 1.82) is 0 Å². The predicted octanol–water partition coefficient (Wildman–Crippen LogP) is 3.16. The maximum atomic E-state index is 4.61.